The summed E-state index contributed by atoms with van der Waals surface area (Å²) in [5, 5.41) is 11.8. The number of hydrogen-bond donors (Lipinski definition) is 0. The summed E-state index contributed by atoms with van der Waals surface area (Å²) in [5.41, 5.74) is 18.3. The van der Waals surface area contributed by atoms with Crippen LogP contribution in [-0.4, -0.2) is 11.3 Å². The third-order valence-corrected chi connectivity index (χ3v) is 14.7. The van der Waals surface area contributed by atoms with Gasteiger partial charge in [-0.15, -0.1) is 0 Å². The van der Waals surface area contributed by atoms with E-state index in [0.29, 0.717) is 0 Å². The molecule has 0 atom stereocenters. The standard InChI is InChI=1S/C59H45BN2O2/c1-32-42-25-34-17-9-8-16-33(34)24-35(42)26-46-54(32)61(38-28-36(58(2,3)4)27-37(29-38)59(5,6)7)48-31-44-40-19-12-15-23-50(40)63-56(44)51-45-30-43-39-18-11-14-22-49(39)64-57(43)52-41-20-10-13-21-47(41)62(55(45)52)60(46)53(48)51/h8-31H,1-7H3. The van der Waals surface area contributed by atoms with Gasteiger partial charge in [-0.05, 0) is 122 Å². The van der Waals surface area contributed by atoms with Crippen LogP contribution in [0.4, 0.5) is 17.1 Å². The molecule has 306 valence electrons. The van der Waals surface area contributed by atoms with Gasteiger partial charge in [-0.2, -0.15) is 0 Å². The van der Waals surface area contributed by atoms with E-state index < -0.39 is 0 Å². The van der Waals surface area contributed by atoms with E-state index in [1.165, 1.54) is 88.2 Å². The fourth-order valence-corrected chi connectivity index (χ4v) is 11.6. The first-order valence-corrected chi connectivity index (χ1v) is 22.7. The summed E-state index contributed by atoms with van der Waals surface area (Å²) in [7, 11) is 0. The molecule has 2 aliphatic heterocycles. The Labute approximate surface area is 371 Å². The largest absolute Gasteiger partial charge is 0.455 e. The number of para-hydroxylation sites is 3. The molecule has 64 heavy (non-hydrogen) atoms. The zero-order chi connectivity index (χ0) is 43.1. The minimum absolute atomic E-state index is 0.0774. The second-order valence-electron chi connectivity index (χ2n) is 20.5. The zero-order valence-electron chi connectivity index (χ0n) is 37.1. The molecule has 5 heterocycles. The van der Waals surface area contributed by atoms with Crippen molar-refractivity contribution < 1.29 is 8.83 Å². The lowest BCUT2D eigenvalue weighted by Crippen LogP contribution is -2.57. The molecule has 12 aromatic rings. The van der Waals surface area contributed by atoms with Gasteiger partial charge in [-0.25, -0.2) is 0 Å². The number of rotatable bonds is 1. The number of benzene rings is 9. The van der Waals surface area contributed by atoms with Crippen molar-refractivity contribution in [1.29, 1.82) is 0 Å². The van der Waals surface area contributed by atoms with Crippen LogP contribution < -0.4 is 15.8 Å². The Kier molecular flexibility index (Phi) is 6.83. The van der Waals surface area contributed by atoms with Crippen molar-refractivity contribution >= 4 is 122 Å². The van der Waals surface area contributed by atoms with Crippen LogP contribution in [0.25, 0.3) is 98.4 Å². The first-order valence-electron chi connectivity index (χ1n) is 22.7. The molecular weight excluding hydrogens is 779 g/mol. The van der Waals surface area contributed by atoms with E-state index in [0.717, 1.165) is 54.8 Å². The van der Waals surface area contributed by atoms with Gasteiger partial charge in [0.05, 0.1) is 5.39 Å². The van der Waals surface area contributed by atoms with E-state index in [1.54, 1.807) is 0 Å². The predicted molar refractivity (Wildman–Crippen MR) is 272 cm³/mol. The summed E-state index contributed by atoms with van der Waals surface area (Å²) in [5.74, 6) is 0. The highest BCUT2D eigenvalue weighted by Crippen LogP contribution is 2.53. The summed E-state index contributed by atoms with van der Waals surface area (Å²) < 4.78 is 16.8. The fourth-order valence-electron chi connectivity index (χ4n) is 11.6. The number of anilines is 3. The van der Waals surface area contributed by atoms with E-state index in [1.807, 2.05) is 0 Å². The van der Waals surface area contributed by atoms with Gasteiger partial charge in [0.25, 0.3) is 0 Å². The van der Waals surface area contributed by atoms with E-state index in [2.05, 4.69) is 203 Å². The Balaban J connectivity index is 1.24. The van der Waals surface area contributed by atoms with Crippen LogP contribution in [0.5, 0.6) is 0 Å². The van der Waals surface area contributed by atoms with Crippen molar-refractivity contribution in [2.24, 2.45) is 0 Å². The highest BCUT2D eigenvalue weighted by Gasteiger charge is 2.46. The van der Waals surface area contributed by atoms with E-state index in [-0.39, 0.29) is 17.7 Å². The van der Waals surface area contributed by atoms with Gasteiger partial charge in [0.2, 0.25) is 0 Å². The topological polar surface area (TPSA) is 34.5 Å². The number of furan rings is 2. The van der Waals surface area contributed by atoms with Crippen LogP contribution in [0.15, 0.2) is 154 Å². The molecule has 4 nitrogen and oxygen atoms in total. The molecule has 0 spiro atoms. The van der Waals surface area contributed by atoms with Crippen LogP contribution in [0.1, 0.15) is 58.2 Å². The monoisotopic (exact) mass is 824 g/mol. The van der Waals surface area contributed by atoms with Gasteiger partial charge in [0, 0.05) is 66.2 Å². The van der Waals surface area contributed by atoms with Gasteiger partial charge >= 0.3 is 6.85 Å². The maximum Gasteiger partial charge on any atom is 0.333 e. The van der Waals surface area contributed by atoms with Crippen molar-refractivity contribution in [2.75, 3.05) is 4.90 Å². The molecule has 0 unspecified atom stereocenters. The minimum Gasteiger partial charge on any atom is -0.455 e. The Morgan fingerprint density at radius 3 is 1.80 bits per heavy atom. The quantitative estimate of drug-likeness (QED) is 0.122. The summed E-state index contributed by atoms with van der Waals surface area (Å²) in [4.78, 5) is 2.64. The number of hydrogen-bond acceptors (Lipinski definition) is 3. The highest BCUT2D eigenvalue weighted by molar-refractivity contribution is 6.90. The molecule has 0 saturated heterocycles. The molecule has 0 amide bonds. The lowest BCUT2D eigenvalue weighted by atomic mass is 9.44. The predicted octanol–water partition coefficient (Wildman–Crippen LogP) is 15.2. The third-order valence-electron chi connectivity index (χ3n) is 14.7. The summed E-state index contributed by atoms with van der Waals surface area (Å²) in [6.07, 6.45) is 0. The molecule has 3 aromatic heterocycles. The number of nitrogens with zero attached hydrogens (tertiary/aromatic N) is 2. The summed E-state index contributed by atoms with van der Waals surface area (Å²) >= 11 is 0. The summed E-state index contributed by atoms with van der Waals surface area (Å²) in [6.45, 7) is 16.2. The molecule has 14 rings (SSSR count). The van der Waals surface area contributed by atoms with E-state index in [4.69, 9.17) is 8.83 Å². The smallest absolute Gasteiger partial charge is 0.333 e. The summed E-state index contributed by atoms with van der Waals surface area (Å²) in [6, 6.07) is 54.4. The lowest BCUT2D eigenvalue weighted by molar-refractivity contribution is 0.569. The molecule has 0 N–H and O–H groups in total. The molecular formula is C59H45BN2O2. The normalized spacial score (nSPS) is 13.8. The molecule has 2 aliphatic rings. The minimum atomic E-state index is -0.173. The number of aromatic nitrogens is 1. The van der Waals surface area contributed by atoms with Crippen LogP contribution >= 0.6 is 0 Å². The van der Waals surface area contributed by atoms with Crippen molar-refractivity contribution in [3.63, 3.8) is 0 Å². The molecule has 0 radical (unpaired) electrons. The molecule has 9 aromatic carbocycles. The Morgan fingerprint density at radius 1 is 0.516 bits per heavy atom. The highest BCUT2D eigenvalue weighted by atomic mass is 16.3. The molecule has 5 heteroatoms. The SMILES string of the molecule is Cc1c2c(cc3cc4ccccc4cc13)B1c3c(cc4c(oc5ccccc54)c3-c3cc4c5ccccc5oc4c4c5ccccc5n1c34)N2c1cc(C(C)(C)C)cc(C(C)(C)C)c1. The molecule has 0 fully saturated rings. The maximum atomic E-state index is 7.17. The second-order valence-corrected chi connectivity index (χ2v) is 20.5. The van der Waals surface area contributed by atoms with Crippen LogP contribution in [-0.2, 0) is 10.8 Å². The van der Waals surface area contributed by atoms with Crippen molar-refractivity contribution in [1.82, 2.24) is 4.48 Å². The zero-order valence-corrected chi connectivity index (χ0v) is 37.1. The number of fused-ring (bicyclic) bond motifs is 17. The van der Waals surface area contributed by atoms with Crippen LogP contribution in [0, 0.1) is 6.92 Å². The van der Waals surface area contributed by atoms with Gasteiger partial charge in [-0.1, -0.05) is 133 Å². The van der Waals surface area contributed by atoms with Gasteiger partial charge in [0.15, 0.2) is 0 Å². The third kappa shape index (κ3) is 4.64. The number of aryl methyl sites for hydroxylation is 1. The first kappa shape index (κ1) is 36.3. The van der Waals surface area contributed by atoms with Crippen LogP contribution in [0.3, 0.4) is 0 Å². The van der Waals surface area contributed by atoms with Crippen LogP contribution in [0.2, 0.25) is 0 Å². The lowest BCUT2D eigenvalue weighted by Gasteiger charge is -2.42. The average Bonchev–Trinajstić information content (AvgIpc) is 3.96. The van der Waals surface area contributed by atoms with Crippen molar-refractivity contribution in [3.8, 4) is 11.1 Å². The Morgan fingerprint density at radius 2 is 1.11 bits per heavy atom. The average molecular weight is 825 g/mol. The fraction of sp³-hybridized carbons (Fsp3) is 0.153. The van der Waals surface area contributed by atoms with E-state index in [9.17, 15) is 0 Å². The van der Waals surface area contributed by atoms with Gasteiger partial charge < -0.3 is 18.2 Å². The van der Waals surface area contributed by atoms with Gasteiger partial charge in [0.1, 0.15) is 22.3 Å². The second kappa shape index (κ2) is 12.1. The maximum absolute atomic E-state index is 7.17. The molecule has 0 aliphatic carbocycles. The van der Waals surface area contributed by atoms with Crippen molar-refractivity contribution in [2.45, 2.75) is 59.3 Å². The Bertz CT molecular complexity index is 4040. The first-order chi connectivity index (χ1) is 30.9. The molecule has 0 saturated carbocycles. The molecule has 0 bridgehead atoms. The Hall–Kier alpha value is -7.24. The van der Waals surface area contributed by atoms with Crippen molar-refractivity contribution in [3.05, 3.63) is 162 Å². The van der Waals surface area contributed by atoms with E-state index >= 15 is 0 Å². The van der Waals surface area contributed by atoms with Gasteiger partial charge in [-0.3, -0.25) is 0 Å².